The van der Waals surface area contributed by atoms with E-state index >= 15 is 0 Å². The van der Waals surface area contributed by atoms with Crippen LogP contribution in [0.4, 0.5) is 5.13 Å². The van der Waals surface area contributed by atoms with E-state index in [2.05, 4.69) is 46.7 Å². The van der Waals surface area contributed by atoms with Crippen molar-refractivity contribution in [1.29, 1.82) is 0 Å². The Morgan fingerprint density at radius 3 is 2.92 bits per heavy atom. The van der Waals surface area contributed by atoms with Gasteiger partial charge in [-0.15, -0.1) is 11.3 Å². The molecule has 24 heavy (non-hydrogen) atoms. The minimum Gasteiger partial charge on any atom is -0.384 e. The minimum absolute atomic E-state index is 0.0439. The first-order valence-electron chi connectivity index (χ1n) is 8.25. The first-order valence-corrected chi connectivity index (χ1v) is 9.13. The number of ether oxygens (including phenoxy) is 1. The second-order valence-electron chi connectivity index (χ2n) is 6.00. The van der Waals surface area contributed by atoms with E-state index in [4.69, 9.17) is 4.74 Å². The first-order chi connectivity index (χ1) is 11.7. The van der Waals surface area contributed by atoms with Crippen molar-refractivity contribution in [2.45, 2.75) is 25.7 Å². The molecule has 0 bridgehead atoms. The molecule has 1 amide bonds. The fourth-order valence-electron chi connectivity index (χ4n) is 2.80. The Morgan fingerprint density at radius 1 is 1.38 bits per heavy atom. The molecule has 5 heteroatoms. The predicted molar refractivity (Wildman–Crippen MR) is 98.2 cm³/mol. The Kier molecular flexibility index (Phi) is 5.77. The maximum Gasteiger partial charge on any atom is 0.226 e. The van der Waals surface area contributed by atoms with Crippen LogP contribution < -0.4 is 5.32 Å². The summed E-state index contributed by atoms with van der Waals surface area (Å²) in [6.07, 6.45) is 7.89. The molecule has 0 fully saturated rings. The van der Waals surface area contributed by atoms with E-state index in [0.29, 0.717) is 17.5 Å². The van der Waals surface area contributed by atoms with Crippen LogP contribution in [0, 0.1) is 5.92 Å². The smallest absolute Gasteiger partial charge is 0.226 e. The lowest BCUT2D eigenvalue weighted by molar-refractivity contribution is -0.116. The fraction of sp³-hybridized carbons (Fsp3) is 0.368. The summed E-state index contributed by atoms with van der Waals surface area (Å²) < 4.78 is 5.09. The topological polar surface area (TPSA) is 51.2 Å². The molecule has 1 aliphatic rings. The molecule has 1 aliphatic carbocycles. The van der Waals surface area contributed by atoms with Gasteiger partial charge in [-0.05, 0) is 30.7 Å². The minimum atomic E-state index is 0.0439. The molecular formula is C19H22N2O2S. The number of carbonyl (C=O) groups excluding carboxylic acids is 1. The summed E-state index contributed by atoms with van der Waals surface area (Å²) in [5, 5.41) is 5.56. The van der Waals surface area contributed by atoms with Crippen molar-refractivity contribution in [3.05, 3.63) is 47.4 Å². The third-order valence-electron chi connectivity index (χ3n) is 4.16. The Bertz CT molecular complexity index is 706. The molecule has 1 aromatic carbocycles. The number of allylic oxidation sites excluding steroid dienone is 2. The molecule has 2 aromatic rings. The number of benzene rings is 1. The lowest BCUT2D eigenvalue weighted by Gasteiger charge is -2.06. The van der Waals surface area contributed by atoms with Crippen LogP contribution in [0.15, 0.2) is 41.8 Å². The van der Waals surface area contributed by atoms with Gasteiger partial charge < -0.3 is 10.1 Å². The first kappa shape index (κ1) is 16.9. The van der Waals surface area contributed by atoms with Crippen LogP contribution >= 0.6 is 11.3 Å². The number of anilines is 1. The number of carbonyl (C=O) groups is 1. The summed E-state index contributed by atoms with van der Waals surface area (Å²) in [5.41, 5.74) is 3.20. The van der Waals surface area contributed by atoms with Gasteiger partial charge in [0.15, 0.2) is 5.13 Å². The SMILES string of the molecule is COCCc1ccc(-c2csc(NC(=O)C[C@@H]3C=CCC3)n2)cc1. The zero-order chi connectivity index (χ0) is 16.8. The number of nitrogens with one attached hydrogen (secondary N) is 1. The Balaban J connectivity index is 1.58. The third-order valence-corrected chi connectivity index (χ3v) is 4.91. The van der Waals surface area contributed by atoms with Crippen molar-refractivity contribution < 1.29 is 9.53 Å². The Labute approximate surface area is 146 Å². The predicted octanol–water partition coefficient (Wildman–Crippen LogP) is 4.29. The standard InChI is InChI=1S/C19H22N2O2S/c1-23-11-10-14-6-8-16(9-7-14)17-13-24-19(20-17)21-18(22)12-15-4-2-3-5-15/h2,4,6-9,13,15H,3,5,10-12H2,1H3,(H,20,21,22)/t15-/m1/s1. The highest BCUT2D eigenvalue weighted by Gasteiger charge is 2.15. The number of rotatable bonds is 7. The van der Waals surface area contributed by atoms with E-state index in [1.165, 1.54) is 16.9 Å². The van der Waals surface area contributed by atoms with Crippen molar-refractivity contribution >= 4 is 22.4 Å². The Morgan fingerprint density at radius 2 is 2.21 bits per heavy atom. The van der Waals surface area contributed by atoms with Crippen LogP contribution in [0.3, 0.4) is 0 Å². The summed E-state index contributed by atoms with van der Waals surface area (Å²) in [6, 6.07) is 8.32. The summed E-state index contributed by atoms with van der Waals surface area (Å²) in [5.74, 6) is 0.423. The molecule has 0 radical (unpaired) electrons. The number of amides is 1. The molecule has 1 aromatic heterocycles. The van der Waals surface area contributed by atoms with Crippen molar-refractivity contribution in [3.8, 4) is 11.3 Å². The number of aromatic nitrogens is 1. The van der Waals surface area contributed by atoms with Gasteiger partial charge in [-0.1, -0.05) is 36.4 Å². The summed E-state index contributed by atoms with van der Waals surface area (Å²) in [6.45, 7) is 0.725. The molecular weight excluding hydrogens is 320 g/mol. The van der Waals surface area contributed by atoms with E-state index in [1.807, 2.05) is 5.38 Å². The van der Waals surface area contributed by atoms with Crippen LogP contribution in [0.25, 0.3) is 11.3 Å². The summed E-state index contributed by atoms with van der Waals surface area (Å²) >= 11 is 1.47. The molecule has 0 aliphatic heterocycles. The average Bonchev–Trinajstić information content (AvgIpc) is 3.25. The van der Waals surface area contributed by atoms with Gasteiger partial charge in [-0.2, -0.15) is 0 Å². The van der Waals surface area contributed by atoms with Gasteiger partial charge in [0.25, 0.3) is 0 Å². The van der Waals surface area contributed by atoms with E-state index < -0.39 is 0 Å². The number of nitrogens with zero attached hydrogens (tertiary/aromatic N) is 1. The highest BCUT2D eigenvalue weighted by Crippen LogP contribution is 2.26. The largest absolute Gasteiger partial charge is 0.384 e. The van der Waals surface area contributed by atoms with Crippen LogP contribution in [0.2, 0.25) is 0 Å². The molecule has 0 saturated carbocycles. The van der Waals surface area contributed by atoms with Crippen LogP contribution in [-0.2, 0) is 16.0 Å². The maximum absolute atomic E-state index is 12.1. The fourth-order valence-corrected chi connectivity index (χ4v) is 3.54. The van der Waals surface area contributed by atoms with Gasteiger partial charge in [0.2, 0.25) is 5.91 Å². The molecule has 1 N–H and O–H groups in total. The van der Waals surface area contributed by atoms with E-state index in [0.717, 1.165) is 37.1 Å². The lowest BCUT2D eigenvalue weighted by atomic mass is 10.1. The monoisotopic (exact) mass is 342 g/mol. The van der Waals surface area contributed by atoms with Crippen molar-refractivity contribution in [3.63, 3.8) is 0 Å². The van der Waals surface area contributed by atoms with Gasteiger partial charge in [-0.25, -0.2) is 4.98 Å². The number of hydrogen-bond acceptors (Lipinski definition) is 4. The molecule has 0 unspecified atom stereocenters. The summed E-state index contributed by atoms with van der Waals surface area (Å²) in [7, 11) is 1.71. The van der Waals surface area contributed by atoms with Crippen LogP contribution in [0.1, 0.15) is 24.8 Å². The average molecular weight is 342 g/mol. The normalized spacial score (nSPS) is 16.5. The molecule has 126 valence electrons. The molecule has 0 spiro atoms. The number of hydrogen-bond donors (Lipinski definition) is 1. The van der Waals surface area contributed by atoms with Gasteiger partial charge >= 0.3 is 0 Å². The molecule has 4 nitrogen and oxygen atoms in total. The second kappa shape index (κ2) is 8.22. The Hall–Kier alpha value is -1.98. The summed E-state index contributed by atoms with van der Waals surface area (Å²) in [4.78, 5) is 16.6. The van der Waals surface area contributed by atoms with Gasteiger partial charge in [0, 0.05) is 24.5 Å². The second-order valence-corrected chi connectivity index (χ2v) is 6.85. The molecule has 3 rings (SSSR count). The molecule has 0 saturated heterocycles. The quantitative estimate of drug-likeness (QED) is 0.764. The number of methoxy groups -OCH3 is 1. The van der Waals surface area contributed by atoms with E-state index in [1.54, 1.807) is 7.11 Å². The van der Waals surface area contributed by atoms with Gasteiger partial charge in [0.1, 0.15) is 0 Å². The zero-order valence-electron chi connectivity index (χ0n) is 13.8. The lowest BCUT2D eigenvalue weighted by Crippen LogP contribution is -2.14. The van der Waals surface area contributed by atoms with Crippen molar-refractivity contribution in [2.24, 2.45) is 5.92 Å². The van der Waals surface area contributed by atoms with Crippen LogP contribution in [-0.4, -0.2) is 24.6 Å². The molecule has 1 heterocycles. The third kappa shape index (κ3) is 4.52. The number of thiazole rings is 1. The highest BCUT2D eigenvalue weighted by atomic mass is 32.1. The van der Waals surface area contributed by atoms with E-state index in [-0.39, 0.29) is 5.91 Å². The highest BCUT2D eigenvalue weighted by molar-refractivity contribution is 7.14. The zero-order valence-corrected chi connectivity index (χ0v) is 14.6. The van der Waals surface area contributed by atoms with Gasteiger partial charge in [0.05, 0.1) is 12.3 Å². The van der Waals surface area contributed by atoms with Crippen molar-refractivity contribution in [1.82, 2.24) is 4.98 Å². The molecule has 1 atom stereocenters. The maximum atomic E-state index is 12.1. The van der Waals surface area contributed by atoms with Crippen LogP contribution in [0.5, 0.6) is 0 Å². The van der Waals surface area contributed by atoms with Gasteiger partial charge in [-0.3, -0.25) is 4.79 Å². The van der Waals surface area contributed by atoms with Crippen molar-refractivity contribution in [2.75, 3.05) is 19.0 Å². The van der Waals surface area contributed by atoms with E-state index in [9.17, 15) is 4.79 Å².